The van der Waals surface area contributed by atoms with Crippen LogP contribution in [0.2, 0.25) is 0 Å². The van der Waals surface area contributed by atoms with Crippen LogP contribution in [0.1, 0.15) is 12.5 Å². The Morgan fingerprint density at radius 2 is 2.09 bits per heavy atom. The fourth-order valence-corrected chi connectivity index (χ4v) is 1.72. The molecular weight excluding hydrogens is 333 g/mol. The van der Waals surface area contributed by atoms with Crippen LogP contribution in [0.3, 0.4) is 0 Å². The van der Waals surface area contributed by atoms with E-state index in [1.807, 2.05) is 6.92 Å². The van der Waals surface area contributed by atoms with E-state index in [1.165, 1.54) is 33.6 Å². The third-order valence-electron chi connectivity index (χ3n) is 1.45. The summed E-state index contributed by atoms with van der Waals surface area (Å²) >= 11 is 1.31. The van der Waals surface area contributed by atoms with Crippen molar-refractivity contribution in [2.24, 2.45) is 0 Å². The molecule has 58 valence electrons. The first kappa shape index (κ1) is 9.15. The predicted molar refractivity (Wildman–Crippen MR) is 47.2 cm³/mol. The predicted octanol–water partition coefficient (Wildman–Crippen LogP) is 1.02. The Kier molecular flexibility index (Phi) is 4.03. The summed E-state index contributed by atoms with van der Waals surface area (Å²) in [7, 11) is 0. The molecule has 1 rings (SSSR count). The summed E-state index contributed by atoms with van der Waals surface area (Å²) < 4.78 is 6.74. The van der Waals surface area contributed by atoms with Crippen molar-refractivity contribution in [2.75, 3.05) is 6.61 Å². The third kappa shape index (κ3) is 2.88. The first-order chi connectivity index (χ1) is 5.34. The van der Waals surface area contributed by atoms with Gasteiger partial charge in [0.25, 0.3) is 0 Å². The molecule has 0 unspecified atom stereocenters. The SMILES string of the molecule is CCOCc1cccc[c]1[Bi]. The van der Waals surface area contributed by atoms with Gasteiger partial charge in [-0.1, -0.05) is 0 Å². The van der Waals surface area contributed by atoms with Gasteiger partial charge in [0.1, 0.15) is 0 Å². The summed E-state index contributed by atoms with van der Waals surface area (Å²) in [5.41, 5.74) is 1.34. The molecule has 0 saturated carbocycles. The average molecular weight is 344 g/mol. The molecule has 11 heavy (non-hydrogen) atoms. The van der Waals surface area contributed by atoms with Gasteiger partial charge in [-0.3, -0.25) is 0 Å². The molecule has 0 atom stereocenters. The average Bonchev–Trinajstić information content (AvgIpc) is 2.03. The second-order valence-electron chi connectivity index (χ2n) is 2.27. The van der Waals surface area contributed by atoms with E-state index in [1.54, 1.807) is 0 Å². The molecule has 2 heteroatoms. The maximum atomic E-state index is 5.32. The molecule has 0 aliphatic rings. The minimum atomic E-state index is 0.767. The van der Waals surface area contributed by atoms with Crippen LogP contribution >= 0.6 is 0 Å². The summed E-state index contributed by atoms with van der Waals surface area (Å²) in [6, 6.07) is 8.42. The topological polar surface area (TPSA) is 9.23 Å². The van der Waals surface area contributed by atoms with Crippen molar-refractivity contribution < 1.29 is 4.74 Å². The maximum absolute atomic E-state index is 5.32. The minimum absolute atomic E-state index is 0.767. The van der Waals surface area contributed by atoms with Crippen molar-refractivity contribution in [1.82, 2.24) is 0 Å². The van der Waals surface area contributed by atoms with Gasteiger partial charge < -0.3 is 0 Å². The van der Waals surface area contributed by atoms with Crippen LogP contribution in [0.15, 0.2) is 24.3 Å². The molecule has 1 nitrogen and oxygen atoms in total. The standard InChI is InChI=1S/C9H11O.Bi/c1-2-10-8-9-6-4-3-5-7-9;/h3-6H,2,8H2,1H3;. The van der Waals surface area contributed by atoms with Crippen LogP contribution < -0.4 is 3.27 Å². The molecule has 2 radical (unpaired) electrons. The Labute approximate surface area is 82.6 Å². The van der Waals surface area contributed by atoms with Gasteiger partial charge in [0.15, 0.2) is 0 Å². The molecule has 0 saturated heterocycles. The normalized spacial score (nSPS) is 10.0. The molecular formula is C9H11BiO. The van der Waals surface area contributed by atoms with Crippen LogP contribution in [0.5, 0.6) is 0 Å². The first-order valence-corrected chi connectivity index (χ1v) is 5.43. The summed E-state index contributed by atoms with van der Waals surface area (Å²) in [5, 5.41) is 0. The van der Waals surface area contributed by atoms with E-state index in [-0.39, 0.29) is 0 Å². The van der Waals surface area contributed by atoms with Gasteiger partial charge in [0.2, 0.25) is 0 Å². The van der Waals surface area contributed by atoms with Crippen molar-refractivity contribution in [2.45, 2.75) is 13.5 Å². The Morgan fingerprint density at radius 1 is 1.36 bits per heavy atom. The molecule has 0 aliphatic carbocycles. The van der Waals surface area contributed by atoms with E-state index in [4.69, 9.17) is 4.74 Å². The fourth-order valence-electron chi connectivity index (χ4n) is 0.845. The van der Waals surface area contributed by atoms with Crippen molar-refractivity contribution in [1.29, 1.82) is 0 Å². The summed E-state index contributed by atoms with van der Waals surface area (Å²) in [5.74, 6) is 0. The zero-order chi connectivity index (χ0) is 8.10. The molecule has 0 fully saturated rings. The van der Waals surface area contributed by atoms with E-state index in [0.29, 0.717) is 0 Å². The monoisotopic (exact) mass is 344 g/mol. The quantitative estimate of drug-likeness (QED) is 0.744. The molecule has 0 amide bonds. The van der Waals surface area contributed by atoms with E-state index in [9.17, 15) is 0 Å². The fraction of sp³-hybridized carbons (Fsp3) is 0.333. The van der Waals surface area contributed by atoms with Gasteiger partial charge in [-0.15, -0.1) is 0 Å². The number of hydrogen-bond acceptors (Lipinski definition) is 1. The second-order valence-corrected chi connectivity index (χ2v) is 4.14. The van der Waals surface area contributed by atoms with Crippen LogP contribution in [-0.4, -0.2) is 31.3 Å². The van der Waals surface area contributed by atoms with Crippen molar-refractivity contribution >= 4 is 28.0 Å². The molecule has 0 aliphatic heterocycles. The van der Waals surface area contributed by atoms with Gasteiger partial charge in [-0.25, -0.2) is 0 Å². The molecule has 0 bridgehead atoms. The Morgan fingerprint density at radius 3 is 2.73 bits per heavy atom. The van der Waals surface area contributed by atoms with E-state index in [2.05, 4.69) is 24.3 Å². The molecule has 1 aromatic carbocycles. The third-order valence-corrected chi connectivity index (χ3v) is 3.15. The van der Waals surface area contributed by atoms with E-state index in [0.717, 1.165) is 13.2 Å². The van der Waals surface area contributed by atoms with E-state index >= 15 is 0 Å². The zero-order valence-electron chi connectivity index (χ0n) is 6.58. The molecule has 0 spiro atoms. The van der Waals surface area contributed by atoms with Crippen molar-refractivity contribution in [3.05, 3.63) is 29.8 Å². The summed E-state index contributed by atoms with van der Waals surface area (Å²) in [4.78, 5) is 0. The Hall–Kier alpha value is 0.0631. The number of rotatable bonds is 3. The Balaban J connectivity index is 2.62. The molecule has 0 N–H and O–H groups in total. The number of hydrogen-bond donors (Lipinski definition) is 0. The first-order valence-electron chi connectivity index (χ1n) is 3.69. The van der Waals surface area contributed by atoms with E-state index < -0.39 is 0 Å². The molecule has 1 aromatic rings. The van der Waals surface area contributed by atoms with Gasteiger partial charge in [-0.2, -0.15) is 0 Å². The van der Waals surface area contributed by atoms with Gasteiger partial charge in [0.05, 0.1) is 0 Å². The van der Waals surface area contributed by atoms with Crippen LogP contribution in [0.4, 0.5) is 0 Å². The number of benzene rings is 1. The zero-order valence-corrected chi connectivity index (χ0v) is 10.1. The number of ether oxygens (including phenoxy) is 1. The van der Waals surface area contributed by atoms with Crippen LogP contribution in [-0.2, 0) is 11.3 Å². The van der Waals surface area contributed by atoms with Crippen LogP contribution in [0, 0.1) is 0 Å². The van der Waals surface area contributed by atoms with Gasteiger partial charge >= 0.3 is 82.7 Å². The summed E-state index contributed by atoms with van der Waals surface area (Å²) in [6.45, 7) is 3.59. The van der Waals surface area contributed by atoms with Crippen molar-refractivity contribution in [3.63, 3.8) is 0 Å². The molecule has 0 aromatic heterocycles. The summed E-state index contributed by atoms with van der Waals surface area (Å²) in [6.07, 6.45) is 0. The van der Waals surface area contributed by atoms with Crippen molar-refractivity contribution in [3.8, 4) is 0 Å². The van der Waals surface area contributed by atoms with Gasteiger partial charge in [-0.05, 0) is 0 Å². The van der Waals surface area contributed by atoms with Crippen LogP contribution in [0.25, 0.3) is 0 Å². The van der Waals surface area contributed by atoms with Gasteiger partial charge in [0, 0.05) is 0 Å². The second kappa shape index (κ2) is 4.84. The molecule has 0 heterocycles. The Bertz CT molecular complexity index is 223.